The van der Waals surface area contributed by atoms with Crippen LogP contribution >= 0.6 is 0 Å². The molecule has 2 heterocycles. The second-order valence-corrected chi connectivity index (χ2v) is 3.56. The Morgan fingerprint density at radius 3 is 2.89 bits per heavy atom. The Morgan fingerprint density at radius 2 is 2.11 bits per heavy atom. The summed E-state index contributed by atoms with van der Waals surface area (Å²) in [7, 11) is 0. The van der Waals surface area contributed by atoms with Gasteiger partial charge in [0.25, 0.3) is 5.56 Å². The van der Waals surface area contributed by atoms with E-state index in [9.17, 15) is 9.90 Å². The van der Waals surface area contributed by atoms with Crippen LogP contribution < -0.4 is 10.9 Å². The highest BCUT2D eigenvalue weighted by Crippen LogP contribution is 2.20. The van der Waals surface area contributed by atoms with Crippen molar-refractivity contribution in [2.75, 3.05) is 5.32 Å². The molecule has 0 saturated carbocycles. The molecule has 7 nitrogen and oxygen atoms in total. The van der Waals surface area contributed by atoms with Crippen LogP contribution in [-0.2, 0) is 0 Å². The Bertz CT molecular complexity index is 729. The van der Waals surface area contributed by atoms with E-state index in [1.165, 1.54) is 0 Å². The van der Waals surface area contributed by atoms with E-state index < -0.39 is 5.56 Å². The van der Waals surface area contributed by atoms with Gasteiger partial charge in [0, 0.05) is 0 Å². The summed E-state index contributed by atoms with van der Waals surface area (Å²) in [5.74, 6) is -0.316. The third-order valence-electron chi connectivity index (χ3n) is 2.25. The minimum Gasteiger partial charge on any atom is -0.493 e. The van der Waals surface area contributed by atoms with Gasteiger partial charge < -0.3 is 9.52 Å². The summed E-state index contributed by atoms with van der Waals surface area (Å²) in [5, 5.41) is 11.9. The fourth-order valence-electron chi connectivity index (χ4n) is 1.53. The lowest BCUT2D eigenvalue weighted by molar-refractivity contribution is 0.452. The molecular formula is C11H8N4O3. The van der Waals surface area contributed by atoms with E-state index in [4.69, 9.17) is 4.42 Å². The minimum absolute atomic E-state index is 0.0616. The molecule has 0 aliphatic heterocycles. The summed E-state index contributed by atoms with van der Waals surface area (Å²) >= 11 is 0. The molecule has 0 radical (unpaired) electrons. The molecule has 0 saturated heterocycles. The predicted octanol–water partition coefficient (Wildman–Crippen LogP) is 1.36. The van der Waals surface area contributed by atoms with Gasteiger partial charge in [0.2, 0.25) is 11.8 Å². The molecule has 2 aromatic heterocycles. The fraction of sp³-hybridized carbons (Fsp3) is 0. The zero-order valence-corrected chi connectivity index (χ0v) is 9.04. The first-order chi connectivity index (χ1) is 8.70. The van der Waals surface area contributed by atoms with Crippen molar-refractivity contribution < 1.29 is 9.52 Å². The summed E-state index contributed by atoms with van der Waals surface area (Å²) < 4.78 is 5.39. The Morgan fingerprint density at radius 1 is 1.28 bits per heavy atom. The maximum absolute atomic E-state index is 11.1. The van der Waals surface area contributed by atoms with Gasteiger partial charge in [-0.05, 0) is 12.1 Å². The number of anilines is 2. The third-order valence-corrected chi connectivity index (χ3v) is 2.25. The number of hydrogen-bond acceptors (Lipinski definition) is 6. The first kappa shape index (κ1) is 10.3. The molecule has 0 aliphatic carbocycles. The molecule has 3 rings (SSSR count). The lowest BCUT2D eigenvalue weighted by Gasteiger charge is -1.99. The van der Waals surface area contributed by atoms with Gasteiger partial charge in [-0.2, -0.15) is 9.97 Å². The number of nitrogens with zero attached hydrogens (tertiary/aromatic N) is 2. The van der Waals surface area contributed by atoms with E-state index in [1.807, 2.05) is 12.1 Å². The van der Waals surface area contributed by atoms with E-state index in [0.717, 1.165) is 6.07 Å². The van der Waals surface area contributed by atoms with Crippen LogP contribution in [0, 0.1) is 0 Å². The Balaban J connectivity index is 1.98. The van der Waals surface area contributed by atoms with Gasteiger partial charge in [-0.1, -0.05) is 12.1 Å². The molecule has 18 heavy (non-hydrogen) atoms. The highest BCUT2D eigenvalue weighted by atomic mass is 16.4. The van der Waals surface area contributed by atoms with Crippen molar-refractivity contribution in [1.29, 1.82) is 0 Å². The maximum Gasteiger partial charge on any atom is 0.302 e. The molecule has 1 aromatic carbocycles. The number of benzene rings is 1. The predicted molar refractivity (Wildman–Crippen MR) is 63.8 cm³/mol. The highest BCUT2D eigenvalue weighted by molar-refractivity contribution is 5.74. The van der Waals surface area contributed by atoms with Crippen molar-refractivity contribution in [1.82, 2.24) is 15.0 Å². The van der Waals surface area contributed by atoms with Gasteiger partial charge in [0.1, 0.15) is 5.52 Å². The van der Waals surface area contributed by atoms with E-state index in [2.05, 4.69) is 20.3 Å². The number of rotatable bonds is 2. The average molecular weight is 244 g/mol. The monoisotopic (exact) mass is 244 g/mol. The molecule has 0 fully saturated rings. The summed E-state index contributed by atoms with van der Waals surface area (Å²) in [6.07, 6.45) is 0. The molecule has 0 atom stereocenters. The smallest absolute Gasteiger partial charge is 0.302 e. The van der Waals surface area contributed by atoms with Crippen LogP contribution in [0.2, 0.25) is 0 Å². The number of H-pyrrole nitrogens is 1. The summed E-state index contributed by atoms with van der Waals surface area (Å²) in [4.78, 5) is 21.4. The van der Waals surface area contributed by atoms with Crippen molar-refractivity contribution >= 4 is 23.1 Å². The Labute approximate surface area is 100 Å². The van der Waals surface area contributed by atoms with Crippen molar-refractivity contribution in [2.45, 2.75) is 0 Å². The van der Waals surface area contributed by atoms with Crippen LogP contribution in [0.4, 0.5) is 12.0 Å². The molecule has 7 heteroatoms. The maximum atomic E-state index is 11.1. The van der Waals surface area contributed by atoms with E-state index in [-0.39, 0.29) is 17.8 Å². The topological polar surface area (TPSA) is 104 Å². The molecular weight excluding hydrogens is 236 g/mol. The summed E-state index contributed by atoms with van der Waals surface area (Å²) in [6, 6.07) is 8.38. The standard InChI is InChI=1S/C11H8N4O3/c16-8-5-9(17)14-10(13-8)15-11-12-6-3-1-2-4-7(6)18-11/h1-5H,(H3,12,13,14,15,16,17). The first-order valence-corrected chi connectivity index (χ1v) is 5.14. The van der Waals surface area contributed by atoms with E-state index in [0.29, 0.717) is 11.1 Å². The van der Waals surface area contributed by atoms with Gasteiger partial charge in [-0.25, -0.2) is 0 Å². The summed E-state index contributed by atoms with van der Waals surface area (Å²) in [6.45, 7) is 0. The van der Waals surface area contributed by atoms with Crippen LogP contribution in [0.5, 0.6) is 5.88 Å². The molecule has 0 spiro atoms. The number of oxazole rings is 1. The normalized spacial score (nSPS) is 10.7. The van der Waals surface area contributed by atoms with E-state index >= 15 is 0 Å². The fourth-order valence-corrected chi connectivity index (χ4v) is 1.53. The molecule has 90 valence electrons. The number of fused-ring (bicyclic) bond motifs is 1. The van der Waals surface area contributed by atoms with Gasteiger partial charge in [0.15, 0.2) is 5.58 Å². The second kappa shape index (κ2) is 3.88. The molecule has 0 amide bonds. The number of aromatic hydroxyl groups is 1. The average Bonchev–Trinajstić information content (AvgIpc) is 2.69. The molecule has 0 aliphatic rings. The molecule has 0 unspecified atom stereocenters. The SMILES string of the molecule is O=c1cc(O)nc(Nc2nc3ccccc3o2)[nH]1. The van der Waals surface area contributed by atoms with E-state index in [1.54, 1.807) is 12.1 Å². The van der Waals surface area contributed by atoms with Crippen molar-refractivity contribution in [2.24, 2.45) is 0 Å². The molecule has 0 bridgehead atoms. The zero-order valence-electron chi connectivity index (χ0n) is 9.04. The summed E-state index contributed by atoms with van der Waals surface area (Å²) in [5.41, 5.74) is 0.825. The van der Waals surface area contributed by atoms with Crippen LogP contribution in [0.25, 0.3) is 11.1 Å². The van der Waals surface area contributed by atoms with Crippen LogP contribution in [0.3, 0.4) is 0 Å². The second-order valence-electron chi connectivity index (χ2n) is 3.56. The van der Waals surface area contributed by atoms with Gasteiger partial charge in [-0.15, -0.1) is 0 Å². The van der Waals surface area contributed by atoms with Gasteiger partial charge in [-0.3, -0.25) is 15.1 Å². The minimum atomic E-state index is -0.471. The van der Waals surface area contributed by atoms with Crippen LogP contribution in [0.15, 0.2) is 39.5 Å². The van der Waals surface area contributed by atoms with Gasteiger partial charge >= 0.3 is 6.01 Å². The first-order valence-electron chi connectivity index (χ1n) is 5.14. The lowest BCUT2D eigenvalue weighted by Crippen LogP contribution is -2.08. The Kier molecular flexibility index (Phi) is 2.23. The number of nitrogens with one attached hydrogen (secondary N) is 2. The van der Waals surface area contributed by atoms with Crippen LogP contribution in [0.1, 0.15) is 0 Å². The zero-order chi connectivity index (χ0) is 12.5. The number of aromatic nitrogens is 3. The van der Waals surface area contributed by atoms with Crippen molar-refractivity contribution in [3.63, 3.8) is 0 Å². The van der Waals surface area contributed by atoms with Crippen LogP contribution in [-0.4, -0.2) is 20.1 Å². The molecule has 3 N–H and O–H groups in total. The van der Waals surface area contributed by atoms with Gasteiger partial charge in [0.05, 0.1) is 6.07 Å². The Hall–Kier alpha value is -2.83. The third kappa shape index (κ3) is 1.88. The number of aromatic amines is 1. The highest BCUT2D eigenvalue weighted by Gasteiger charge is 2.07. The van der Waals surface area contributed by atoms with Crippen molar-refractivity contribution in [3.8, 4) is 5.88 Å². The quantitative estimate of drug-likeness (QED) is 0.628. The van der Waals surface area contributed by atoms with Crippen molar-refractivity contribution in [3.05, 3.63) is 40.7 Å². The largest absolute Gasteiger partial charge is 0.493 e. The molecule has 3 aromatic rings. The number of para-hydroxylation sites is 2. The lowest BCUT2D eigenvalue weighted by atomic mass is 10.3. The number of hydrogen-bond donors (Lipinski definition) is 3.